The van der Waals surface area contributed by atoms with E-state index in [1.807, 2.05) is 6.92 Å². The van der Waals surface area contributed by atoms with Crippen LogP contribution in [0, 0.1) is 13.8 Å². The molecule has 5 heteroatoms. The second-order valence-corrected chi connectivity index (χ2v) is 30.8. The van der Waals surface area contributed by atoms with Gasteiger partial charge in [-0.15, -0.1) is 0 Å². The van der Waals surface area contributed by atoms with Gasteiger partial charge in [0.25, 0.3) is 0 Å². The Bertz CT molecular complexity index is 1470. The van der Waals surface area contributed by atoms with Crippen LogP contribution in [-0.2, 0) is 17.6 Å². The summed E-state index contributed by atoms with van der Waals surface area (Å²) in [7, 11) is -1.73. The fraction of sp³-hybridized carbons (Fsp3) is 0.476. The SMILES string of the molecule is CCCCCCc1cc([Si](C)(C)C(C)(C)C)s[c]1[Ge]([CH2]Cc1ccc(OCCOCC)cc1)([c]1ccc(C)cc1)[c]1ccc(C)cc1. The summed E-state index contributed by atoms with van der Waals surface area (Å²) in [6, 6.07) is 31.0. The van der Waals surface area contributed by atoms with Crippen LogP contribution < -0.4 is 21.7 Å². The van der Waals surface area contributed by atoms with Gasteiger partial charge in [0.05, 0.1) is 0 Å². The van der Waals surface area contributed by atoms with E-state index in [-0.39, 0.29) is 0 Å². The number of hydrogen-bond acceptors (Lipinski definition) is 3. The molecule has 0 saturated heterocycles. The van der Waals surface area contributed by atoms with Crippen molar-refractivity contribution in [2.24, 2.45) is 0 Å². The molecule has 0 N–H and O–H groups in total. The number of hydrogen-bond donors (Lipinski definition) is 0. The molecule has 4 aromatic rings. The van der Waals surface area contributed by atoms with Crippen molar-refractivity contribution in [2.45, 2.75) is 110 Å². The van der Waals surface area contributed by atoms with Crippen LogP contribution in [0.25, 0.3) is 0 Å². The first-order chi connectivity index (χ1) is 22.4. The van der Waals surface area contributed by atoms with E-state index in [2.05, 4.69) is 145 Å². The predicted octanol–water partition coefficient (Wildman–Crippen LogP) is 9.33. The van der Waals surface area contributed by atoms with Crippen molar-refractivity contribution < 1.29 is 9.47 Å². The van der Waals surface area contributed by atoms with E-state index in [9.17, 15) is 0 Å². The summed E-state index contributed by atoms with van der Waals surface area (Å²) in [5.74, 6) is 0.921. The average molecular weight is 730 g/mol. The van der Waals surface area contributed by atoms with E-state index >= 15 is 0 Å². The Hall–Kier alpha value is -2.12. The topological polar surface area (TPSA) is 18.5 Å². The third kappa shape index (κ3) is 9.32. The molecule has 3 aromatic carbocycles. The van der Waals surface area contributed by atoms with Gasteiger partial charge in [-0.25, -0.2) is 0 Å². The van der Waals surface area contributed by atoms with Crippen LogP contribution in [0.4, 0.5) is 0 Å². The molecular weight excluding hydrogens is 669 g/mol. The second kappa shape index (κ2) is 17.0. The summed E-state index contributed by atoms with van der Waals surface area (Å²) < 4.78 is 18.1. The molecule has 47 heavy (non-hydrogen) atoms. The van der Waals surface area contributed by atoms with Crippen LogP contribution in [0.15, 0.2) is 78.9 Å². The van der Waals surface area contributed by atoms with Gasteiger partial charge in [-0.2, -0.15) is 0 Å². The number of ether oxygens (including phenoxy) is 2. The first-order valence-electron chi connectivity index (χ1n) is 18.0. The summed E-state index contributed by atoms with van der Waals surface area (Å²) >= 11 is -0.971. The van der Waals surface area contributed by atoms with E-state index in [0.29, 0.717) is 18.3 Å². The van der Waals surface area contributed by atoms with Gasteiger partial charge in [-0.3, -0.25) is 0 Å². The number of aryl methyl sites for hydroxylation is 4. The molecule has 0 saturated carbocycles. The van der Waals surface area contributed by atoms with Crippen LogP contribution in [-0.4, -0.2) is 41.2 Å². The minimum atomic E-state index is -3.20. The van der Waals surface area contributed by atoms with Gasteiger partial charge < -0.3 is 0 Å². The van der Waals surface area contributed by atoms with Crippen LogP contribution in [0.2, 0.25) is 23.4 Å². The predicted molar refractivity (Wildman–Crippen MR) is 213 cm³/mol. The zero-order valence-corrected chi connectivity index (χ0v) is 34.7. The molecule has 0 radical (unpaired) electrons. The Morgan fingerprint density at radius 2 is 1.32 bits per heavy atom. The minimum absolute atomic E-state index is 0.296. The molecule has 0 bridgehead atoms. The monoisotopic (exact) mass is 730 g/mol. The van der Waals surface area contributed by atoms with Gasteiger partial charge in [0.1, 0.15) is 0 Å². The summed E-state index contributed by atoms with van der Waals surface area (Å²) in [5, 5.41) is 1.49. The Labute approximate surface area is 294 Å². The zero-order chi connectivity index (χ0) is 34.1. The van der Waals surface area contributed by atoms with Gasteiger partial charge >= 0.3 is 296 Å². The van der Waals surface area contributed by atoms with Gasteiger partial charge in [0.2, 0.25) is 0 Å². The van der Waals surface area contributed by atoms with Crippen molar-refractivity contribution in [2.75, 3.05) is 19.8 Å². The molecule has 0 atom stereocenters. The van der Waals surface area contributed by atoms with Crippen molar-refractivity contribution in [3.8, 4) is 5.75 Å². The number of thiophene rings is 1. The molecule has 0 amide bonds. The molecule has 4 rings (SSSR count). The molecule has 2 nitrogen and oxygen atoms in total. The van der Waals surface area contributed by atoms with Crippen molar-refractivity contribution in [1.29, 1.82) is 0 Å². The van der Waals surface area contributed by atoms with Gasteiger partial charge in [0.15, 0.2) is 0 Å². The number of benzene rings is 3. The molecule has 1 aromatic heterocycles. The molecule has 254 valence electrons. The summed E-state index contributed by atoms with van der Waals surface area (Å²) in [4.78, 5) is 0. The van der Waals surface area contributed by atoms with Gasteiger partial charge in [-0.05, 0) is 0 Å². The third-order valence-electron chi connectivity index (χ3n) is 10.5. The van der Waals surface area contributed by atoms with Crippen molar-refractivity contribution in [3.05, 3.63) is 101 Å². The van der Waals surface area contributed by atoms with Crippen LogP contribution in [0.1, 0.15) is 82.6 Å². The van der Waals surface area contributed by atoms with Crippen molar-refractivity contribution in [1.82, 2.24) is 0 Å². The maximum atomic E-state index is 5.96. The molecule has 0 unspecified atom stereocenters. The Kier molecular flexibility index (Phi) is 13.6. The first-order valence-corrected chi connectivity index (χ1v) is 26.4. The fourth-order valence-electron chi connectivity index (χ4n) is 6.35. The molecule has 0 aliphatic heterocycles. The Morgan fingerprint density at radius 3 is 1.85 bits per heavy atom. The fourth-order valence-corrected chi connectivity index (χ4v) is 24.5. The normalized spacial score (nSPS) is 12.4. The third-order valence-corrected chi connectivity index (χ3v) is 30.6. The molecule has 1 heterocycles. The van der Waals surface area contributed by atoms with Crippen LogP contribution >= 0.6 is 11.3 Å². The molecule has 0 fully saturated rings. The van der Waals surface area contributed by atoms with Crippen molar-refractivity contribution >= 4 is 49.7 Å². The Morgan fingerprint density at radius 1 is 0.723 bits per heavy atom. The number of rotatable bonds is 17. The van der Waals surface area contributed by atoms with E-state index in [1.54, 1.807) is 22.6 Å². The van der Waals surface area contributed by atoms with Gasteiger partial charge in [0, 0.05) is 0 Å². The van der Waals surface area contributed by atoms with E-state index in [1.165, 1.54) is 54.0 Å². The average Bonchev–Trinajstić information content (AvgIpc) is 3.48. The number of unbranched alkanes of at least 4 members (excludes halogenated alkanes) is 3. The zero-order valence-electron chi connectivity index (χ0n) is 30.8. The molecule has 0 aliphatic carbocycles. The van der Waals surface area contributed by atoms with E-state index in [0.717, 1.165) is 18.8 Å². The van der Waals surface area contributed by atoms with Gasteiger partial charge in [-0.1, -0.05) is 0 Å². The van der Waals surface area contributed by atoms with Crippen molar-refractivity contribution in [3.63, 3.8) is 0 Å². The van der Waals surface area contributed by atoms with Crippen LogP contribution in [0.3, 0.4) is 0 Å². The summed E-state index contributed by atoms with van der Waals surface area (Å²) in [6.07, 6.45) is 7.44. The van der Waals surface area contributed by atoms with E-state index < -0.39 is 21.3 Å². The molecule has 0 spiro atoms. The molecule has 0 aliphatic rings. The standard InChI is InChI=1S/C42H60GeO2SSi/c1-10-12-13-14-15-36-32-40(47(8,9)42(5,6)7)46-41(36)43(37-22-16-33(3)17-23-37,38-24-18-34(4)19-25-38)29-28-35-20-26-39(27-21-35)45-31-30-44-11-2/h16-27,32H,10-15,28-31H2,1-9H3. The van der Waals surface area contributed by atoms with E-state index in [4.69, 9.17) is 9.47 Å². The van der Waals surface area contributed by atoms with Crippen LogP contribution in [0.5, 0.6) is 5.75 Å². The Balaban J connectivity index is 1.87. The first kappa shape index (κ1) is 37.7. The summed E-state index contributed by atoms with van der Waals surface area (Å²) in [6.45, 7) is 23.3. The maximum absolute atomic E-state index is 5.96. The summed E-state index contributed by atoms with van der Waals surface area (Å²) in [5.41, 5.74) is 5.72. The second-order valence-electron chi connectivity index (χ2n) is 15.0. The quantitative estimate of drug-likeness (QED) is 0.0797. The molecular formula is C42H60GeO2SSi.